The summed E-state index contributed by atoms with van der Waals surface area (Å²) in [5, 5.41) is 0. The predicted molar refractivity (Wildman–Crippen MR) is 106 cm³/mol. The first-order valence-electron chi connectivity index (χ1n) is 9.59. The van der Waals surface area contributed by atoms with Crippen molar-refractivity contribution in [1.29, 1.82) is 0 Å². The lowest BCUT2D eigenvalue weighted by molar-refractivity contribution is -0.0512. The summed E-state index contributed by atoms with van der Waals surface area (Å²) in [6.07, 6.45) is 1.27. The molecule has 30 heavy (non-hydrogen) atoms. The Balaban J connectivity index is 1.48. The molecule has 2 heterocycles. The molecule has 1 aliphatic rings. The van der Waals surface area contributed by atoms with E-state index in [0.717, 1.165) is 11.0 Å². The number of halogens is 2. The van der Waals surface area contributed by atoms with Crippen LogP contribution in [-0.2, 0) is 0 Å². The Hall–Kier alpha value is -3.36. The van der Waals surface area contributed by atoms with Gasteiger partial charge in [0.05, 0.1) is 18.1 Å². The Morgan fingerprint density at radius 3 is 2.57 bits per heavy atom. The molecule has 2 aromatic carbocycles. The first-order chi connectivity index (χ1) is 14.5. The molecule has 0 aliphatic carbocycles. The second kappa shape index (κ2) is 8.17. The zero-order valence-corrected chi connectivity index (χ0v) is 16.3. The van der Waals surface area contributed by atoms with Crippen LogP contribution in [0.1, 0.15) is 29.2 Å². The predicted octanol–water partition coefficient (Wildman–Crippen LogP) is 3.42. The SMILES string of the molecule is COc1cc(C(=O)N2CCC(n3c(=O)[nH]c4ccccc43)CC2)ccc1OC(F)F. The van der Waals surface area contributed by atoms with Crippen LogP contribution in [0.2, 0.25) is 0 Å². The van der Waals surface area contributed by atoms with Crippen molar-refractivity contribution in [3.05, 3.63) is 58.5 Å². The van der Waals surface area contributed by atoms with Gasteiger partial charge in [-0.25, -0.2) is 4.79 Å². The summed E-state index contributed by atoms with van der Waals surface area (Å²) in [6.45, 7) is -2.02. The fourth-order valence-electron chi connectivity index (χ4n) is 3.94. The minimum absolute atomic E-state index is 0.00551. The number of H-pyrrole nitrogens is 1. The second-order valence-electron chi connectivity index (χ2n) is 7.08. The van der Waals surface area contributed by atoms with Crippen molar-refractivity contribution in [1.82, 2.24) is 14.5 Å². The Morgan fingerprint density at radius 1 is 1.13 bits per heavy atom. The molecule has 1 fully saturated rings. The number of aromatic nitrogens is 2. The number of aromatic amines is 1. The normalized spacial score (nSPS) is 15.0. The largest absolute Gasteiger partial charge is 0.493 e. The van der Waals surface area contributed by atoms with Crippen LogP contribution in [0, 0.1) is 0 Å². The molecule has 4 rings (SSSR count). The van der Waals surface area contributed by atoms with Crippen molar-refractivity contribution in [2.45, 2.75) is 25.5 Å². The van der Waals surface area contributed by atoms with E-state index >= 15 is 0 Å². The summed E-state index contributed by atoms with van der Waals surface area (Å²) in [5.74, 6) is -0.274. The third-order valence-electron chi connectivity index (χ3n) is 5.37. The van der Waals surface area contributed by atoms with E-state index in [0.29, 0.717) is 31.5 Å². The first-order valence-corrected chi connectivity index (χ1v) is 9.59. The number of methoxy groups -OCH3 is 1. The van der Waals surface area contributed by atoms with Gasteiger partial charge in [-0.2, -0.15) is 8.78 Å². The topological polar surface area (TPSA) is 76.6 Å². The van der Waals surface area contributed by atoms with Gasteiger partial charge in [0.2, 0.25) is 0 Å². The highest BCUT2D eigenvalue weighted by atomic mass is 19.3. The van der Waals surface area contributed by atoms with Gasteiger partial charge in [-0.05, 0) is 43.2 Å². The summed E-state index contributed by atoms with van der Waals surface area (Å²) in [6, 6.07) is 11.7. The van der Waals surface area contributed by atoms with Crippen molar-refractivity contribution in [3.8, 4) is 11.5 Å². The Morgan fingerprint density at radius 2 is 1.87 bits per heavy atom. The lowest BCUT2D eigenvalue weighted by atomic mass is 10.0. The van der Waals surface area contributed by atoms with Crippen LogP contribution in [0.3, 0.4) is 0 Å². The van der Waals surface area contributed by atoms with Crippen molar-refractivity contribution in [2.75, 3.05) is 20.2 Å². The zero-order valence-electron chi connectivity index (χ0n) is 16.3. The molecule has 0 atom stereocenters. The van der Waals surface area contributed by atoms with E-state index in [1.807, 2.05) is 24.3 Å². The molecule has 1 saturated heterocycles. The van der Waals surface area contributed by atoms with E-state index in [9.17, 15) is 18.4 Å². The highest BCUT2D eigenvalue weighted by Crippen LogP contribution is 2.31. The number of likely N-dealkylation sites (tertiary alicyclic amines) is 1. The quantitative estimate of drug-likeness (QED) is 0.690. The zero-order chi connectivity index (χ0) is 21.3. The van der Waals surface area contributed by atoms with Crippen molar-refractivity contribution < 1.29 is 23.0 Å². The van der Waals surface area contributed by atoms with Crippen LogP contribution in [0.5, 0.6) is 11.5 Å². The molecule has 9 heteroatoms. The van der Waals surface area contributed by atoms with Crippen molar-refractivity contribution in [2.24, 2.45) is 0 Å². The Labute approximate surface area is 170 Å². The van der Waals surface area contributed by atoms with Gasteiger partial charge in [-0.3, -0.25) is 9.36 Å². The van der Waals surface area contributed by atoms with Crippen LogP contribution in [-0.4, -0.2) is 47.2 Å². The van der Waals surface area contributed by atoms with Crippen LogP contribution in [0.25, 0.3) is 11.0 Å². The summed E-state index contributed by atoms with van der Waals surface area (Å²) >= 11 is 0. The van der Waals surface area contributed by atoms with Crippen LogP contribution in [0.15, 0.2) is 47.3 Å². The third kappa shape index (κ3) is 3.74. The number of nitrogens with zero attached hydrogens (tertiary/aromatic N) is 2. The molecule has 3 aromatic rings. The van der Waals surface area contributed by atoms with Gasteiger partial charge in [-0.1, -0.05) is 12.1 Å². The maximum atomic E-state index is 12.9. The molecule has 0 spiro atoms. The molecule has 158 valence electrons. The number of carbonyl (C=O) groups is 1. The van der Waals surface area contributed by atoms with Crippen LogP contribution < -0.4 is 15.2 Å². The van der Waals surface area contributed by atoms with Gasteiger partial charge in [-0.15, -0.1) is 0 Å². The first kappa shape index (κ1) is 19.9. The van der Waals surface area contributed by atoms with E-state index in [1.165, 1.54) is 25.3 Å². The van der Waals surface area contributed by atoms with E-state index < -0.39 is 6.61 Å². The van der Waals surface area contributed by atoms with E-state index in [4.69, 9.17) is 4.74 Å². The van der Waals surface area contributed by atoms with Gasteiger partial charge in [0.25, 0.3) is 5.91 Å². The van der Waals surface area contributed by atoms with E-state index in [-0.39, 0.29) is 29.1 Å². The number of carbonyl (C=O) groups excluding carboxylic acids is 1. The van der Waals surface area contributed by atoms with Gasteiger partial charge in [0, 0.05) is 24.7 Å². The van der Waals surface area contributed by atoms with Crippen LogP contribution in [0.4, 0.5) is 8.78 Å². The molecule has 7 nitrogen and oxygen atoms in total. The summed E-state index contributed by atoms with van der Waals surface area (Å²) < 4.78 is 36.2. The highest BCUT2D eigenvalue weighted by molar-refractivity contribution is 5.95. The number of rotatable bonds is 5. The number of piperidine rings is 1. The third-order valence-corrected chi connectivity index (χ3v) is 5.37. The van der Waals surface area contributed by atoms with E-state index in [1.54, 1.807) is 9.47 Å². The average Bonchev–Trinajstić information content (AvgIpc) is 3.09. The number of hydrogen-bond acceptors (Lipinski definition) is 4. The van der Waals surface area contributed by atoms with Gasteiger partial charge >= 0.3 is 12.3 Å². The lowest BCUT2D eigenvalue weighted by Gasteiger charge is -2.32. The molecule has 1 amide bonds. The van der Waals surface area contributed by atoms with Gasteiger partial charge < -0.3 is 19.4 Å². The minimum atomic E-state index is -2.98. The maximum absolute atomic E-state index is 12.9. The monoisotopic (exact) mass is 417 g/mol. The van der Waals surface area contributed by atoms with E-state index in [2.05, 4.69) is 9.72 Å². The fourth-order valence-corrected chi connectivity index (χ4v) is 3.94. The number of alkyl halides is 2. The number of hydrogen-bond donors (Lipinski definition) is 1. The molecular weight excluding hydrogens is 396 g/mol. The molecule has 1 aromatic heterocycles. The van der Waals surface area contributed by atoms with Gasteiger partial charge in [0.15, 0.2) is 11.5 Å². The number of nitrogens with one attached hydrogen (secondary N) is 1. The maximum Gasteiger partial charge on any atom is 0.387 e. The second-order valence-corrected chi connectivity index (χ2v) is 7.08. The fraction of sp³-hybridized carbons (Fsp3) is 0.333. The van der Waals surface area contributed by atoms with Crippen LogP contribution >= 0.6 is 0 Å². The van der Waals surface area contributed by atoms with Crippen molar-refractivity contribution in [3.63, 3.8) is 0 Å². The Bertz CT molecular complexity index is 1120. The van der Waals surface area contributed by atoms with Crippen molar-refractivity contribution >= 4 is 16.9 Å². The number of fused-ring (bicyclic) bond motifs is 1. The molecule has 0 bridgehead atoms. The smallest absolute Gasteiger partial charge is 0.387 e. The molecule has 0 saturated carbocycles. The Kier molecular flexibility index (Phi) is 5.43. The minimum Gasteiger partial charge on any atom is -0.493 e. The summed E-state index contributed by atoms with van der Waals surface area (Å²) in [7, 11) is 1.33. The molecule has 1 N–H and O–H groups in total. The number of para-hydroxylation sites is 2. The number of imidazole rings is 1. The lowest BCUT2D eigenvalue weighted by Crippen LogP contribution is -2.40. The summed E-state index contributed by atoms with van der Waals surface area (Å²) in [4.78, 5) is 29.8. The number of ether oxygens (including phenoxy) is 2. The summed E-state index contributed by atoms with van der Waals surface area (Å²) in [5.41, 5.74) is 1.82. The number of amides is 1. The average molecular weight is 417 g/mol. The molecule has 0 unspecified atom stereocenters. The standard InChI is InChI=1S/C21H21F2N3O4/c1-29-18-12-13(6-7-17(18)30-20(22)23)19(27)25-10-8-14(9-11-25)26-16-5-3-2-4-15(16)24-21(26)28/h2-7,12,14,20H,8-11H2,1H3,(H,24,28). The molecular formula is C21H21F2N3O4. The number of benzene rings is 2. The molecule has 1 aliphatic heterocycles. The molecule has 0 radical (unpaired) electrons. The van der Waals surface area contributed by atoms with Gasteiger partial charge in [0.1, 0.15) is 0 Å². The highest BCUT2D eigenvalue weighted by Gasteiger charge is 2.27.